The van der Waals surface area contributed by atoms with Gasteiger partial charge < -0.3 is 9.32 Å². The van der Waals surface area contributed by atoms with E-state index in [0.29, 0.717) is 31.8 Å². The van der Waals surface area contributed by atoms with Gasteiger partial charge in [0, 0.05) is 19.5 Å². The Balaban J connectivity index is 1.59. The van der Waals surface area contributed by atoms with Crippen molar-refractivity contribution < 1.29 is 22.4 Å². The van der Waals surface area contributed by atoms with Crippen LogP contribution in [0.5, 0.6) is 0 Å². The molecule has 1 aromatic rings. The highest BCUT2D eigenvalue weighted by molar-refractivity contribution is 5.76. The van der Waals surface area contributed by atoms with E-state index in [1.807, 2.05) is 0 Å². The van der Waals surface area contributed by atoms with Crippen molar-refractivity contribution in [2.75, 3.05) is 13.1 Å². The average molecular weight is 345 g/mol. The van der Waals surface area contributed by atoms with Gasteiger partial charge in [0.1, 0.15) is 0 Å². The maximum Gasteiger partial charge on any atom is 0.470 e. The van der Waals surface area contributed by atoms with E-state index >= 15 is 0 Å². The molecule has 2 heterocycles. The molecule has 0 aromatic carbocycles. The number of likely N-dealkylation sites (tertiary alicyclic amines) is 1. The minimum absolute atomic E-state index is 0.0162. The van der Waals surface area contributed by atoms with Gasteiger partial charge >= 0.3 is 12.1 Å². The third kappa shape index (κ3) is 4.08. The van der Waals surface area contributed by atoms with Crippen LogP contribution in [-0.4, -0.2) is 34.1 Å². The average Bonchev–Trinajstić information content (AvgIpc) is 3.06. The Morgan fingerprint density at radius 3 is 2.54 bits per heavy atom. The summed E-state index contributed by atoms with van der Waals surface area (Å²) in [6.45, 7) is 1.02. The number of hydrogen-bond donors (Lipinski definition) is 0. The molecule has 0 radical (unpaired) electrons. The zero-order valence-electron chi connectivity index (χ0n) is 13.5. The first-order valence-corrected chi connectivity index (χ1v) is 8.62. The fourth-order valence-electron chi connectivity index (χ4n) is 3.69. The van der Waals surface area contributed by atoms with Gasteiger partial charge in [0.2, 0.25) is 11.8 Å². The predicted molar refractivity (Wildman–Crippen MR) is 79.0 cm³/mol. The molecule has 134 valence electrons. The van der Waals surface area contributed by atoms with Crippen LogP contribution in [0.4, 0.5) is 13.2 Å². The Hall–Kier alpha value is -1.60. The summed E-state index contributed by atoms with van der Waals surface area (Å²) in [4.78, 5) is 14.2. The van der Waals surface area contributed by atoms with E-state index in [9.17, 15) is 18.0 Å². The van der Waals surface area contributed by atoms with Crippen LogP contribution in [-0.2, 0) is 11.0 Å². The summed E-state index contributed by atoms with van der Waals surface area (Å²) >= 11 is 0. The molecule has 1 saturated carbocycles. The molecule has 0 bridgehead atoms. The number of carbonyl (C=O) groups is 1. The Morgan fingerprint density at radius 2 is 1.88 bits per heavy atom. The summed E-state index contributed by atoms with van der Waals surface area (Å²) in [6, 6.07) is 0. The van der Waals surface area contributed by atoms with Crippen molar-refractivity contribution in [1.29, 1.82) is 0 Å². The lowest BCUT2D eigenvalue weighted by Gasteiger charge is -2.32. The summed E-state index contributed by atoms with van der Waals surface area (Å²) < 4.78 is 42.5. The lowest BCUT2D eigenvalue weighted by Crippen LogP contribution is -2.40. The lowest BCUT2D eigenvalue weighted by atomic mass is 9.86. The SMILES string of the molecule is O=C(CC1CCCCC1)N1CCCC(c2nnc(C(F)(F)F)o2)C1. The van der Waals surface area contributed by atoms with E-state index in [0.717, 1.165) is 19.3 Å². The van der Waals surface area contributed by atoms with Crippen LogP contribution >= 0.6 is 0 Å². The van der Waals surface area contributed by atoms with E-state index in [2.05, 4.69) is 10.2 Å². The van der Waals surface area contributed by atoms with Gasteiger partial charge in [0.05, 0.1) is 5.92 Å². The molecule has 1 saturated heterocycles. The van der Waals surface area contributed by atoms with E-state index in [1.54, 1.807) is 4.90 Å². The maximum absolute atomic E-state index is 12.6. The Bertz CT molecular complexity index is 567. The maximum atomic E-state index is 12.6. The molecule has 2 fully saturated rings. The summed E-state index contributed by atoms with van der Waals surface area (Å²) in [5, 5.41) is 6.62. The van der Waals surface area contributed by atoms with Gasteiger partial charge in [0.25, 0.3) is 0 Å². The first-order valence-electron chi connectivity index (χ1n) is 8.62. The number of piperidine rings is 1. The Labute approximate surface area is 138 Å². The minimum Gasteiger partial charge on any atom is -0.417 e. The van der Waals surface area contributed by atoms with Gasteiger partial charge in [-0.25, -0.2) is 0 Å². The smallest absolute Gasteiger partial charge is 0.417 e. The minimum atomic E-state index is -4.63. The topological polar surface area (TPSA) is 59.2 Å². The van der Waals surface area contributed by atoms with Crippen molar-refractivity contribution in [2.24, 2.45) is 5.92 Å². The molecule has 2 aliphatic rings. The van der Waals surface area contributed by atoms with Crippen LogP contribution in [0.2, 0.25) is 0 Å². The van der Waals surface area contributed by atoms with E-state index in [1.165, 1.54) is 19.3 Å². The zero-order chi connectivity index (χ0) is 17.2. The Morgan fingerprint density at radius 1 is 1.12 bits per heavy atom. The second-order valence-electron chi connectivity index (χ2n) is 6.83. The van der Waals surface area contributed by atoms with Crippen LogP contribution in [0, 0.1) is 5.92 Å². The third-order valence-electron chi connectivity index (χ3n) is 4.99. The fraction of sp³-hybridized carbons (Fsp3) is 0.812. The first-order chi connectivity index (χ1) is 11.4. The second kappa shape index (κ2) is 7.11. The molecule has 1 amide bonds. The number of nitrogens with zero attached hydrogens (tertiary/aromatic N) is 3. The number of hydrogen-bond acceptors (Lipinski definition) is 4. The van der Waals surface area contributed by atoms with Crippen molar-refractivity contribution in [3.8, 4) is 0 Å². The van der Waals surface area contributed by atoms with Gasteiger partial charge in [-0.3, -0.25) is 4.79 Å². The first kappa shape index (κ1) is 17.2. The normalized spacial score (nSPS) is 23.5. The second-order valence-corrected chi connectivity index (χ2v) is 6.83. The molecule has 0 N–H and O–H groups in total. The largest absolute Gasteiger partial charge is 0.470 e. The Kier molecular flexibility index (Phi) is 5.10. The van der Waals surface area contributed by atoms with Gasteiger partial charge in [0.15, 0.2) is 0 Å². The number of alkyl halides is 3. The highest BCUT2D eigenvalue weighted by Gasteiger charge is 2.39. The van der Waals surface area contributed by atoms with Gasteiger partial charge in [-0.1, -0.05) is 19.3 Å². The molecule has 1 aliphatic heterocycles. The molecule has 1 aliphatic carbocycles. The molecule has 1 atom stereocenters. The third-order valence-corrected chi connectivity index (χ3v) is 4.99. The van der Waals surface area contributed by atoms with Crippen LogP contribution in [0.3, 0.4) is 0 Å². The number of aromatic nitrogens is 2. The molecule has 1 aromatic heterocycles. The van der Waals surface area contributed by atoms with Crippen molar-refractivity contribution in [3.05, 3.63) is 11.8 Å². The summed E-state index contributed by atoms with van der Waals surface area (Å²) in [7, 11) is 0. The molecular weight excluding hydrogens is 323 g/mol. The van der Waals surface area contributed by atoms with Crippen LogP contribution in [0.25, 0.3) is 0 Å². The summed E-state index contributed by atoms with van der Waals surface area (Å²) in [6.07, 6.45) is 3.13. The fourth-order valence-corrected chi connectivity index (χ4v) is 3.69. The van der Waals surface area contributed by atoms with E-state index in [-0.39, 0.29) is 17.7 Å². The molecule has 3 rings (SSSR count). The number of amides is 1. The van der Waals surface area contributed by atoms with Crippen LogP contribution in [0.1, 0.15) is 69.1 Å². The van der Waals surface area contributed by atoms with Gasteiger partial charge in [-0.2, -0.15) is 13.2 Å². The van der Waals surface area contributed by atoms with Crippen LogP contribution < -0.4 is 0 Å². The van der Waals surface area contributed by atoms with Gasteiger partial charge in [-0.15, -0.1) is 10.2 Å². The molecule has 24 heavy (non-hydrogen) atoms. The highest BCUT2D eigenvalue weighted by atomic mass is 19.4. The highest BCUT2D eigenvalue weighted by Crippen LogP contribution is 2.33. The zero-order valence-corrected chi connectivity index (χ0v) is 13.5. The quantitative estimate of drug-likeness (QED) is 0.837. The van der Waals surface area contributed by atoms with Gasteiger partial charge in [-0.05, 0) is 31.6 Å². The number of carbonyl (C=O) groups excluding carboxylic acids is 1. The number of rotatable bonds is 3. The monoisotopic (exact) mass is 345 g/mol. The predicted octanol–water partition coefficient (Wildman–Crippen LogP) is 3.76. The van der Waals surface area contributed by atoms with E-state index < -0.39 is 12.1 Å². The molecular formula is C16H22F3N3O2. The van der Waals surface area contributed by atoms with Crippen molar-refractivity contribution in [1.82, 2.24) is 15.1 Å². The van der Waals surface area contributed by atoms with Crippen LogP contribution in [0.15, 0.2) is 4.42 Å². The molecule has 8 heteroatoms. The molecule has 5 nitrogen and oxygen atoms in total. The lowest BCUT2D eigenvalue weighted by molar-refractivity contribution is -0.157. The van der Waals surface area contributed by atoms with Crippen molar-refractivity contribution >= 4 is 5.91 Å². The van der Waals surface area contributed by atoms with Crippen molar-refractivity contribution in [3.63, 3.8) is 0 Å². The van der Waals surface area contributed by atoms with E-state index in [4.69, 9.17) is 4.42 Å². The summed E-state index contributed by atoms with van der Waals surface area (Å²) in [5.41, 5.74) is 0. The molecule has 0 spiro atoms. The number of halogens is 3. The van der Waals surface area contributed by atoms with Crippen molar-refractivity contribution in [2.45, 2.75) is 63.5 Å². The summed E-state index contributed by atoms with van der Waals surface area (Å²) in [5.74, 6) is -1.09. The standard InChI is InChI=1S/C16H22F3N3O2/c17-16(18,19)15-21-20-14(24-15)12-7-4-8-22(10-12)13(23)9-11-5-2-1-3-6-11/h11-12H,1-10H2. The molecule has 1 unspecified atom stereocenters.